The van der Waals surface area contributed by atoms with Crippen LogP contribution in [0.3, 0.4) is 0 Å². The molecule has 160 valence electrons. The number of aliphatic hydroxyl groups is 2. The van der Waals surface area contributed by atoms with Crippen LogP contribution < -0.4 is 10.7 Å². The van der Waals surface area contributed by atoms with Crippen LogP contribution in [0.25, 0.3) is 11.0 Å². The maximum atomic E-state index is 11.6. The van der Waals surface area contributed by atoms with Gasteiger partial charge in [-0.3, -0.25) is 14.9 Å². The van der Waals surface area contributed by atoms with Crippen LogP contribution in [0.4, 0.5) is 11.4 Å². The van der Waals surface area contributed by atoms with Gasteiger partial charge in [0.05, 0.1) is 10.6 Å². The molecule has 0 bridgehead atoms. The number of hydrogen-bond donors (Lipinski definition) is 4. The molecule has 2 heterocycles. The van der Waals surface area contributed by atoms with Crippen LogP contribution in [0.2, 0.25) is 0 Å². The second-order valence-electron chi connectivity index (χ2n) is 6.59. The Morgan fingerprint density at radius 2 is 1.97 bits per heavy atom. The Kier molecular flexibility index (Phi) is 6.59. The fraction of sp³-hybridized carbons (Fsp3) is 0.389. The van der Waals surface area contributed by atoms with E-state index in [2.05, 4.69) is 20.3 Å². The van der Waals surface area contributed by atoms with Crippen molar-refractivity contribution in [2.24, 2.45) is 0 Å². The zero-order valence-electron chi connectivity index (χ0n) is 15.8. The fourth-order valence-electron chi connectivity index (χ4n) is 3.00. The summed E-state index contributed by atoms with van der Waals surface area (Å²) in [5, 5.41) is 50.4. The highest BCUT2D eigenvalue weighted by molar-refractivity contribution is 5.93. The highest BCUT2D eigenvalue weighted by Gasteiger charge is 2.20. The average Bonchev–Trinajstić information content (AvgIpc) is 3.22. The maximum Gasteiger partial charge on any atom is 0.300 e. The van der Waals surface area contributed by atoms with Gasteiger partial charge in [-0.25, -0.2) is 4.63 Å². The topological polar surface area (TPSA) is 185 Å². The molecule has 3 aromatic rings. The molecule has 1 aromatic carbocycles. The van der Waals surface area contributed by atoms with Crippen molar-refractivity contribution in [3.8, 4) is 5.75 Å². The van der Waals surface area contributed by atoms with E-state index in [4.69, 9.17) is 9.52 Å². The van der Waals surface area contributed by atoms with E-state index in [9.17, 15) is 25.1 Å². The first-order chi connectivity index (χ1) is 14.4. The van der Waals surface area contributed by atoms with Crippen molar-refractivity contribution in [2.45, 2.75) is 38.4 Å². The van der Waals surface area contributed by atoms with Crippen LogP contribution in [-0.4, -0.2) is 37.1 Å². The number of benzene rings is 1. The Morgan fingerprint density at radius 1 is 1.20 bits per heavy atom. The summed E-state index contributed by atoms with van der Waals surface area (Å²) in [6.07, 6.45) is 1.08. The maximum absolute atomic E-state index is 11.6. The summed E-state index contributed by atoms with van der Waals surface area (Å²) in [7, 11) is 0. The second-order valence-corrected chi connectivity index (χ2v) is 6.59. The molecule has 2 aromatic heterocycles. The van der Waals surface area contributed by atoms with Crippen molar-refractivity contribution in [3.63, 3.8) is 0 Å². The summed E-state index contributed by atoms with van der Waals surface area (Å²) < 4.78 is 9.77. The minimum absolute atomic E-state index is 0.0344. The molecular weight excluding hydrogens is 400 g/mol. The first kappa shape index (κ1) is 21.2. The second kappa shape index (κ2) is 9.33. The van der Waals surface area contributed by atoms with Gasteiger partial charge in [-0.2, -0.15) is 0 Å². The smallest absolute Gasteiger partial charge is 0.300 e. The number of aromatic hydroxyl groups is 1. The van der Waals surface area contributed by atoms with Crippen LogP contribution in [0.15, 0.2) is 32.0 Å². The molecule has 3 rings (SSSR count). The Hall–Kier alpha value is -3.51. The van der Waals surface area contributed by atoms with Gasteiger partial charge in [-0.1, -0.05) is 12.8 Å². The van der Waals surface area contributed by atoms with Crippen LogP contribution in [-0.2, 0) is 6.61 Å². The predicted octanol–water partition coefficient (Wildman–Crippen LogP) is 1.99. The first-order valence-electron chi connectivity index (χ1n) is 9.20. The summed E-state index contributed by atoms with van der Waals surface area (Å²) in [5.74, 6) is -0.950. The Labute approximate surface area is 168 Å². The number of unbranched alkanes of at least 4 members (excludes halogenated alkanes) is 2. The van der Waals surface area contributed by atoms with Crippen molar-refractivity contribution in [1.29, 1.82) is 0 Å². The lowest BCUT2D eigenvalue weighted by molar-refractivity contribution is -0.383. The van der Waals surface area contributed by atoms with Gasteiger partial charge < -0.3 is 25.1 Å². The van der Waals surface area contributed by atoms with Crippen LogP contribution >= 0.6 is 0 Å². The third-order valence-electron chi connectivity index (χ3n) is 4.52. The summed E-state index contributed by atoms with van der Waals surface area (Å²) >= 11 is 0. The van der Waals surface area contributed by atoms with Crippen molar-refractivity contribution >= 4 is 22.4 Å². The van der Waals surface area contributed by atoms with Gasteiger partial charge in [-0.15, -0.1) is 0 Å². The molecule has 30 heavy (non-hydrogen) atoms. The number of nitro benzene ring substituents is 1. The molecule has 0 saturated heterocycles. The average molecular weight is 420 g/mol. The van der Waals surface area contributed by atoms with E-state index in [1.165, 1.54) is 12.1 Å². The first-order valence-corrected chi connectivity index (χ1v) is 9.20. The number of hydrogen-bond acceptors (Lipinski definition) is 11. The van der Waals surface area contributed by atoms with Gasteiger partial charge in [0.1, 0.15) is 18.5 Å². The monoisotopic (exact) mass is 420 g/mol. The number of aliphatic hydroxyl groups excluding tert-OH is 2. The van der Waals surface area contributed by atoms with E-state index >= 15 is 0 Å². The van der Waals surface area contributed by atoms with Crippen molar-refractivity contribution in [3.05, 3.63) is 50.1 Å². The van der Waals surface area contributed by atoms with Gasteiger partial charge in [0.25, 0.3) is 0 Å². The number of fused-ring (bicyclic) bond motifs is 1. The molecule has 0 amide bonds. The lowest BCUT2D eigenvalue weighted by Crippen LogP contribution is -2.08. The molecule has 0 radical (unpaired) electrons. The fourth-order valence-corrected chi connectivity index (χ4v) is 3.00. The molecule has 0 aliphatic carbocycles. The molecule has 12 heteroatoms. The molecule has 0 aliphatic heterocycles. The van der Waals surface area contributed by atoms with E-state index in [0.717, 1.165) is 6.07 Å². The molecule has 1 unspecified atom stereocenters. The standard InChI is InChI=1S/C18H20N4O8/c23-9-10-8-14(25)17(26)18(29-10)13(24)4-2-1-3-7-19-11-5-6-12(22(27)28)16-15(11)20-30-21-16/h5-6,8,13,19,23-24,26H,1-4,7,9H2. The van der Waals surface area contributed by atoms with Gasteiger partial charge in [0.15, 0.2) is 11.3 Å². The van der Waals surface area contributed by atoms with Crippen LogP contribution in [0, 0.1) is 10.1 Å². The van der Waals surface area contributed by atoms with Gasteiger partial charge in [0.2, 0.25) is 16.7 Å². The summed E-state index contributed by atoms with van der Waals surface area (Å²) in [6, 6.07) is 3.83. The molecular formula is C18H20N4O8. The zero-order chi connectivity index (χ0) is 21.7. The van der Waals surface area contributed by atoms with E-state index in [0.29, 0.717) is 31.5 Å². The molecule has 0 aliphatic rings. The van der Waals surface area contributed by atoms with Crippen LogP contribution in [0.1, 0.15) is 43.3 Å². The van der Waals surface area contributed by atoms with Crippen molar-refractivity contribution in [2.75, 3.05) is 11.9 Å². The molecule has 4 N–H and O–H groups in total. The minimum atomic E-state index is -1.17. The SMILES string of the molecule is O=c1cc(CO)oc(C(O)CCCCCNc2ccc([N+](=O)[O-])c3nonc23)c1O. The minimum Gasteiger partial charge on any atom is -0.502 e. The van der Waals surface area contributed by atoms with E-state index in [1.54, 1.807) is 0 Å². The Morgan fingerprint density at radius 3 is 2.70 bits per heavy atom. The van der Waals surface area contributed by atoms with E-state index < -0.39 is 28.8 Å². The number of nitrogens with zero attached hydrogens (tertiary/aromatic N) is 3. The summed E-state index contributed by atoms with van der Waals surface area (Å²) in [5.41, 5.74) is -0.0101. The zero-order valence-corrected chi connectivity index (χ0v) is 15.8. The predicted molar refractivity (Wildman–Crippen MR) is 103 cm³/mol. The van der Waals surface area contributed by atoms with Gasteiger partial charge in [0, 0.05) is 18.7 Å². The molecule has 0 spiro atoms. The van der Waals surface area contributed by atoms with Crippen LogP contribution in [0.5, 0.6) is 5.75 Å². The number of rotatable bonds is 10. The number of nitrogens with one attached hydrogen (secondary N) is 1. The van der Waals surface area contributed by atoms with Crippen molar-refractivity contribution < 1.29 is 29.3 Å². The molecule has 1 atom stereocenters. The largest absolute Gasteiger partial charge is 0.502 e. The quantitative estimate of drug-likeness (QED) is 0.213. The number of anilines is 1. The summed E-state index contributed by atoms with van der Waals surface area (Å²) in [6.45, 7) is 0.0219. The highest BCUT2D eigenvalue weighted by atomic mass is 16.6. The third-order valence-corrected chi connectivity index (χ3v) is 4.52. The Bertz CT molecular complexity index is 1090. The Balaban J connectivity index is 1.49. The molecule has 0 saturated carbocycles. The van der Waals surface area contributed by atoms with E-state index in [1.807, 2.05) is 0 Å². The molecule has 0 fully saturated rings. The number of non-ortho nitro benzene ring substituents is 1. The highest BCUT2D eigenvalue weighted by Crippen LogP contribution is 2.29. The normalized spacial score (nSPS) is 12.2. The van der Waals surface area contributed by atoms with Crippen molar-refractivity contribution in [1.82, 2.24) is 10.3 Å². The van der Waals surface area contributed by atoms with E-state index in [-0.39, 0.29) is 34.7 Å². The number of nitro groups is 1. The third kappa shape index (κ3) is 4.55. The molecule has 12 nitrogen and oxygen atoms in total. The lowest BCUT2D eigenvalue weighted by atomic mass is 10.1. The van der Waals surface area contributed by atoms with Gasteiger partial charge in [-0.05, 0) is 29.2 Å². The van der Waals surface area contributed by atoms with Gasteiger partial charge >= 0.3 is 5.69 Å². The lowest BCUT2D eigenvalue weighted by Gasteiger charge is -2.12. The number of aromatic nitrogens is 2. The summed E-state index contributed by atoms with van der Waals surface area (Å²) in [4.78, 5) is 22.0.